The van der Waals surface area contributed by atoms with Gasteiger partial charge in [0, 0.05) is 57.4 Å². The number of nitrogens with one attached hydrogen (secondary N) is 1. The first-order chi connectivity index (χ1) is 15.1. The monoisotopic (exact) mass is 417 g/mol. The second-order valence-electron chi connectivity index (χ2n) is 8.24. The summed E-state index contributed by atoms with van der Waals surface area (Å²) in [6.07, 6.45) is 11.9. The minimum atomic E-state index is 0.384. The Morgan fingerprint density at radius 1 is 1.32 bits per heavy atom. The molecule has 0 amide bonds. The topological polar surface area (TPSA) is 73.3 Å². The highest BCUT2D eigenvalue weighted by molar-refractivity contribution is 6.09. The second-order valence-corrected chi connectivity index (χ2v) is 8.24. The Bertz CT molecular complexity index is 1070. The van der Waals surface area contributed by atoms with Crippen molar-refractivity contribution >= 4 is 34.5 Å². The maximum Gasteiger partial charge on any atom is 0.142 e. The summed E-state index contributed by atoms with van der Waals surface area (Å²) in [5, 5.41) is 1.08. The van der Waals surface area contributed by atoms with E-state index in [1.807, 2.05) is 31.7 Å². The molecule has 0 spiro atoms. The molecule has 3 aromatic rings. The summed E-state index contributed by atoms with van der Waals surface area (Å²) in [6.45, 7) is 6.31. The van der Waals surface area contributed by atoms with Gasteiger partial charge in [0.05, 0.1) is 5.39 Å². The van der Waals surface area contributed by atoms with Crippen LogP contribution in [0.3, 0.4) is 0 Å². The quantitative estimate of drug-likeness (QED) is 0.583. The number of aromatic nitrogens is 4. The molecular formula is C24H31N7. The van der Waals surface area contributed by atoms with Crippen LogP contribution in [0.5, 0.6) is 0 Å². The molecule has 4 rings (SSSR count). The number of fused-ring (bicyclic) bond motifs is 1. The third kappa shape index (κ3) is 4.45. The summed E-state index contributed by atoms with van der Waals surface area (Å²) in [7, 11) is 3.94. The van der Waals surface area contributed by atoms with Gasteiger partial charge in [0.1, 0.15) is 23.6 Å². The van der Waals surface area contributed by atoms with Gasteiger partial charge in [-0.25, -0.2) is 15.0 Å². The molecule has 0 radical (unpaired) electrons. The summed E-state index contributed by atoms with van der Waals surface area (Å²) in [6, 6.07) is 6.69. The van der Waals surface area contributed by atoms with Crippen molar-refractivity contribution in [3.05, 3.63) is 48.6 Å². The van der Waals surface area contributed by atoms with Gasteiger partial charge < -0.3 is 14.8 Å². The van der Waals surface area contributed by atoms with Gasteiger partial charge >= 0.3 is 0 Å². The summed E-state index contributed by atoms with van der Waals surface area (Å²) in [5.74, 6) is 2.50. The normalized spacial score (nSPS) is 18.3. The molecular weight excluding hydrogens is 386 g/mol. The van der Waals surface area contributed by atoms with E-state index < -0.39 is 0 Å². The van der Waals surface area contributed by atoms with Gasteiger partial charge in [0.2, 0.25) is 0 Å². The average molecular weight is 418 g/mol. The highest BCUT2D eigenvalue weighted by atomic mass is 15.3. The Hall–Kier alpha value is -3.22. The lowest BCUT2D eigenvalue weighted by Gasteiger charge is -2.26. The molecule has 4 heterocycles. The fourth-order valence-corrected chi connectivity index (χ4v) is 4.09. The van der Waals surface area contributed by atoms with E-state index >= 15 is 0 Å². The Morgan fingerprint density at radius 3 is 2.94 bits per heavy atom. The molecule has 1 fully saturated rings. The lowest BCUT2D eigenvalue weighted by Crippen LogP contribution is -2.35. The number of hydrogen-bond donors (Lipinski definition) is 1. The van der Waals surface area contributed by atoms with Crippen molar-refractivity contribution < 1.29 is 0 Å². The SMILES string of the molecule is CCC(C)/C=C(\C=NC)c1ccc(N(C)C2CCN(c3ncnc4[nH]ccc34)C2)nc1. The fourth-order valence-electron chi connectivity index (χ4n) is 4.09. The molecule has 0 saturated carbocycles. The molecule has 31 heavy (non-hydrogen) atoms. The van der Waals surface area contributed by atoms with E-state index in [1.54, 1.807) is 6.33 Å². The number of pyridine rings is 1. The molecule has 1 N–H and O–H groups in total. The van der Waals surface area contributed by atoms with Crippen LogP contribution in [-0.4, -0.2) is 59.4 Å². The minimum Gasteiger partial charge on any atom is -0.355 e. The van der Waals surface area contributed by atoms with Crippen LogP contribution in [0, 0.1) is 5.92 Å². The van der Waals surface area contributed by atoms with E-state index in [0.29, 0.717) is 12.0 Å². The van der Waals surface area contributed by atoms with Crippen LogP contribution in [0.25, 0.3) is 16.6 Å². The predicted molar refractivity (Wildman–Crippen MR) is 129 cm³/mol. The first kappa shape index (κ1) is 21.0. The number of H-pyrrole nitrogens is 1. The van der Waals surface area contributed by atoms with Gasteiger partial charge in [-0.05, 0) is 36.1 Å². The molecule has 1 aliphatic heterocycles. The average Bonchev–Trinajstić information content (AvgIpc) is 3.48. The zero-order valence-corrected chi connectivity index (χ0v) is 18.8. The van der Waals surface area contributed by atoms with E-state index in [2.05, 4.69) is 68.8 Å². The molecule has 3 aromatic heterocycles. The van der Waals surface area contributed by atoms with Crippen molar-refractivity contribution in [1.29, 1.82) is 0 Å². The van der Waals surface area contributed by atoms with Crippen LogP contribution in [0.2, 0.25) is 0 Å². The lowest BCUT2D eigenvalue weighted by atomic mass is 10.0. The molecule has 0 aromatic carbocycles. The van der Waals surface area contributed by atoms with Gasteiger partial charge in [-0.1, -0.05) is 26.3 Å². The summed E-state index contributed by atoms with van der Waals surface area (Å²) >= 11 is 0. The zero-order valence-electron chi connectivity index (χ0n) is 18.8. The van der Waals surface area contributed by atoms with Crippen molar-refractivity contribution in [3.63, 3.8) is 0 Å². The molecule has 2 unspecified atom stereocenters. The van der Waals surface area contributed by atoms with Gasteiger partial charge in [0.25, 0.3) is 0 Å². The second kappa shape index (κ2) is 9.29. The van der Waals surface area contributed by atoms with Gasteiger partial charge in [-0.3, -0.25) is 4.99 Å². The number of nitrogens with zero attached hydrogens (tertiary/aromatic N) is 6. The highest BCUT2D eigenvalue weighted by Crippen LogP contribution is 2.28. The standard InChI is InChI=1S/C24H31N7/c1-5-17(2)12-19(13-25-3)18-6-7-22(27-14-18)30(4)20-9-11-31(15-20)24-21-8-10-26-23(21)28-16-29-24/h6-8,10,12-14,16-17,20H,5,9,11,15H2,1-4H3,(H,26,28,29)/b19-12+,25-13?. The predicted octanol–water partition coefficient (Wildman–Crippen LogP) is 4.20. The van der Waals surface area contributed by atoms with E-state index in [9.17, 15) is 0 Å². The Labute approximate surface area is 184 Å². The third-order valence-electron chi connectivity index (χ3n) is 6.16. The Kier molecular flexibility index (Phi) is 6.30. The van der Waals surface area contributed by atoms with E-state index in [4.69, 9.17) is 4.98 Å². The summed E-state index contributed by atoms with van der Waals surface area (Å²) in [4.78, 5) is 25.7. The third-order valence-corrected chi connectivity index (χ3v) is 6.16. The molecule has 1 aliphatic rings. The van der Waals surface area contributed by atoms with Crippen LogP contribution < -0.4 is 9.80 Å². The molecule has 1 saturated heterocycles. The first-order valence-electron chi connectivity index (χ1n) is 11.0. The largest absolute Gasteiger partial charge is 0.355 e. The van der Waals surface area contributed by atoms with Crippen LogP contribution in [0.1, 0.15) is 32.3 Å². The Morgan fingerprint density at radius 2 is 2.19 bits per heavy atom. The van der Waals surface area contributed by atoms with Crippen molar-refractivity contribution in [3.8, 4) is 0 Å². The number of hydrogen-bond acceptors (Lipinski definition) is 6. The zero-order chi connectivity index (χ0) is 21.8. The van der Waals surface area contributed by atoms with Crippen molar-refractivity contribution in [2.45, 2.75) is 32.7 Å². The highest BCUT2D eigenvalue weighted by Gasteiger charge is 2.28. The van der Waals surface area contributed by atoms with Crippen LogP contribution in [-0.2, 0) is 0 Å². The molecule has 0 bridgehead atoms. The maximum absolute atomic E-state index is 4.77. The lowest BCUT2D eigenvalue weighted by molar-refractivity contribution is 0.684. The maximum atomic E-state index is 4.77. The van der Waals surface area contributed by atoms with Crippen LogP contribution in [0.4, 0.5) is 11.6 Å². The summed E-state index contributed by atoms with van der Waals surface area (Å²) < 4.78 is 0. The number of allylic oxidation sites excluding steroid dienone is 2. The fraction of sp³-hybridized carbons (Fsp3) is 0.417. The number of anilines is 2. The first-order valence-corrected chi connectivity index (χ1v) is 11.0. The molecule has 0 aliphatic carbocycles. The number of likely N-dealkylation sites (N-methyl/N-ethyl adjacent to an activating group) is 1. The molecule has 7 nitrogen and oxygen atoms in total. The molecule has 162 valence electrons. The van der Waals surface area contributed by atoms with Crippen LogP contribution in [0.15, 0.2) is 48.0 Å². The van der Waals surface area contributed by atoms with E-state index in [-0.39, 0.29) is 0 Å². The molecule has 2 atom stereocenters. The number of aromatic amines is 1. The summed E-state index contributed by atoms with van der Waals surface area (Å²) in [5.41, 5.74) is 3.12. The molecule has 7 heteroatoms. The van der Waals surface area contributed by atoms with Gasteiger partial charge in [0.15, 0.2) is 0 Å². The van der Waals surface area contributed by atoms with E-state index in [0.717, 1.165) is 59.7 Å². The van der Waals surface area contributed by atoms with Crippen molar-refractivity contribution in [2.75, 3.05) is 37.0 Å². The Balaban J connectivity index is 1.48. The van der Waals surface area contributed by atoms with E-state index in [1.165, 1.54) is 0 Å². The van der Waals surface area contributed by atoms with Gasteiger partial charge in [-0.2, -0.15) is 0 Å². The van der Waals surface area contributed by atoms with Crippen molar-refractivity contribution in [2.24, 2.45) is 10.9 Å². The van der Waals surface area contributed by atoms with Crippen LogP contribution >= 0.6 is 0 Å². The number of aliphatic imine (C=N–C) groups is 1. The number of rotatable bonds is 7. The smallest absolute Gasteiger partial charge is 0.142 e. The minimum absolute atomic E-state index is 0.384. The van der Waals surface area contributed by atoms with Crippen molar-refractivity contribution in [1.82, 2.24) is 19.9 Å². The van der Waals surface area contributed by atoms with Gasteiger partial charge in [-0.15, -0.1) is 0 Å².